The second-order valence-corrected chi connectivity index (χ2v) is 14.1. The van der Waals surface area contributed by atoms with Gasteiger partial charge in [-0.2, -0.15) is 0 Å². The van der Waals surface area contributed by atoms with Crippen LogP contribution in [0.5, 0.6) is 0 Å². The predicted octanol–water partition coefficient (Wildman–Crippen LogP) is 6.84. The molecule has 2 amide bonds. The molecule has 0 unspecified atom stereocenters. The minimum absolute atomic E-state index is 0.0556. The Kier molecular flexibility index (Phi) is 10.7. The van der Waals surface area contributed by atoms with Crippen molar-refractivity contribution in [2.75, 3.05) is 10.8 Å². The molecule has 0 radical (unpaired) electrons. The quantitative estimate of drug-likeness (QED) is 0.265. The average Bonchev–Trinajstić information content (AvgIpc) is 2.89. The number of carbonyl (C=O) groups is 2. The Balaban J connectivity index is 2.16. The van der Waals surface area contributed by atoms with Gasteiger partial charge in [0.2, 0.25) is 11.8 Å². The van der Waals surface area contributed by atoms with Gasteiger partial charge < -0.3 is 10.2 Å². The Hall–Kier alpha value is -3.07. The van der Waals surface area contributed by atoms with E-state index in [2.05, 4.69) is 5.32 Å². The summed E-state index contributed by atoms with van der Waals surface area (Å²) in [5.41, 5.74) is 2.80. The van der Waals surface area contributed by atoms with E-state index >= 15 is 0 Å². The molecule has 0 aromatic heterocycles. The summed E-state index contributed by atoms with van der Waals surface area (Å²) < 4.78 is 29.4. The van der Waals surface area contributed by atoms with Crippen LogP contribution in [-0.2, 0) is 26.2 Å². The number of rotatable bonds is 10. The highest BCUT2D eigenvalue weighted by Crippen LogP contribution is 2.31. The first-order valence-corrected chi connectivity index (χ1v) is 16.0. The van der Waals surface area contributed by atoms with Gasteiger partial charge in [-0.25, -0.2) is 8.42 Å². The minimum Gasteiger partial charge on any atom is -0.350 e. The van der Waals surface area contributed by atoms with Crippen molar-refractivity contribution < 1.29 is 18.0 Å². The fourth-order valence-electron chi connectivity index (χ4n) is 4.58. The number of nitrogens with one attached hydrogen (secondary N) is 1. The number of carbonyl (C=O) groups excluding carboxylic acids is 2. The molecular weight excluding hydrogens is 593 g/mol. The summed E-state index contributed by atoms with van der Waals surface area (Å²) >= 11 is 13.0. The number of amides is 2. The summed E-state index contributed by atoms with van der Waals surface area (Å²) in [7, 11) is -4.18. The molecular formula is C32H39Cl2N3O4S. The zero-order valence-electron chi connectivity index (χ0n) is 25.2. The number of hydrogen-bond donors (Lipinski definition) is 1. The fourth-order valence-corrected chi connectivity index (χ4v) is 6.57. The third-order valence-electron chi connectivity index (χ3n) is 7.01. The first-order chi connectivity index (χ1) is 19.6. The highest BCUT2D eigenvalue weighted by Gasteiger charge is 2.35. The van der Waals surface area contributed by atoms with Crippen LogP contribution >= 0.6 is 23.2 Å². The highest BCUT2D eigenvalue weighted by atomic mass is 35.5. The van der Waals surface area contributed by atoms with Crippen molar-refractivity contribution in [2.24, 2.45) is 0 Å². The van der Waals surface area contributed by atoms with E-state index in [0.717, 1.165) is 21.0 Å². The molecule has 0 aliphatic carbocycles. The normalized spacial score (nSPS) is 12.5. The lowest BCUT2D eigenvalue weighted by Crippen LogP contribution is -2.55. The molecule has 0 saturated carbocycles. The molecule has 7 nitrogen and oxygen atoms in total. The van der Waals surface area contributed by atoms with Crippen LogP contribution in [0, 0.1) is 20.8 Å². The molecule has 3 rings (SSSR count). The molecule has 10 heteroatoms. The maximum atomic E-state index is 14.3. The Morgan fingerprint density at radius 2 is 1.48 bits per heavy atom. The molecule has 0 heterocycles. The van der Waals surface area contributed by atoms with Crippen molar-refractivity contribution in [3.05, 3.63) is 93.0 Å². The predicted molar refractivity (Wildman–Crippen MR) is 171 cm³/mol. The van der Waals surface area contributed by atoms with Gasteiger partial charge in [-0.1, -0.05) is 66.0 Å². The van der Waals surface area contributed by atoms with Crippen LogP contribution < -0.4 is 9.62 Å². The number of hydrogen-bond acceptors (Lipinski definition) is 4. The smallest absolute Gasteiger partial charge is 0.264 e. The average molecular weight is 633 g/mol. The summed E-state index contributed by atoms with van der Waals surface area (Å²) in [6, 6.07) is 15.9. The van der Waals surface area contributed by atoms with Crippen molar-refractivity contribution in [2.45, 2.75) is 77.9 Å². The maximum absolute atomic E-state index is 14.3. The van der Waals surface area contributed by atoms with Gasteiger partial charge in [-0.3, -0.25) is 13.9 Å². The van der Waals surface area contributed by atoms with Crippen molar-refractivity contribution in [1.82, 2.24) is 10.2 Å². The molecule has 3 aromatic rings. The number of benzene rings is 3. The Morgan fingerprint density at radius 3 is 2.02 bits per heavy atom. The van der Waals surface area contributed by atoms with Gasteiger partial charge in [0.15, 0.2) is 0 Å². The lowest BCUT2D eigenvalue weighted by atomic mass is 10.1. The summed E-state index contributed by atoms with van der Waals surface area (Å²) in [4.78, 5) is 29.2. The zero-order chi connectivity index (χ0) is 31.4. The van der Waals surface area contributed by atoms with Crippen molar-refractivity contribution >= 4 is 50.7 Å². The lowest BCUT2D eigenvalue weighted by molar-refractivity contribution is -0.141. The summed E-state index contributed by atoms with van der Waals surface area (Å²) in [5, 5.41) is 3.63. The van der Waals surface area contributed by atoms with Gasteiger partial charge in [0.1, 0.15) is 12.6 Å². The summed E-state index contributed by atoms with van der Waals surface area (Å²) in [5.74, 6) is -0.931. The topological polar surface area (TPSA) is 86.8 Å². The van der Waals surface area contributed by atoms with E-state index in [0.29, 0.717) is 21.3 Å². The van der Waals surface area contributed by atoms with Gasteiger partial charge in [0.25, 0.3) is 10.0 Å². The van der Waals surface area contributed by atoms with Crippen LogP contribution in [0.3, 0.4) is 0 Å². The molecule has 0 aliphatic heterocycles. The first-order valence-electron chi connectivity index (χ1n) is 13.8. The van der Waals surface area contributed by atoms with Gasteiger partial charge >= 0.3 is 0 Å². The highest BCUT2D eigenvalue weighted by molar-refractivity contribution is 7.92. The van der Waals surface area contributed by atoms with Gasteiger partial charge in [0, 0.05) is 27.7 Å². The Morgan fingerprint density at radius 1 is 0.905 bits per heavy atom. The summed E-state index contributed by atoms with van der Waals surface area (Å²) in [6.45, 7) is 12.3. The second-order valence-electron chi connectivity index (χ2n) is 11.4. The number of sulfonamides is 1. The van der Waals surface area contributed by atoms with Crippen molar-refractivity contribution in [3.63, 3.8) is 0 Å². The standard InChI is InChI=1S/C32H39Cl2N3O4S/c1-8-28(31(39)35-32(5,6)7)36(19-25-26(33)12-10-13-27(25)34)30(38)20-37(29-14-9-11-22(3)23(29)4)42(40,41)24-17-15-21(2)16-18-24/h9-18,28H,8,19-20H2,1-7H3,(H,35,39)/t28-/m1/s1. The van der Waals surface area contributed by atoms with Crippen LogP contribution in [0.1, 0.15) is 56.4 Å². The molecule has 226 valence electrons. The molecule has 0 fully saturated rings. The van der Waals surface area contributed by atoms with E-state index in [1.165, 1.54) is 17.0 Å². The van der Waals surface area contributed by atoms with E-state index in [1.54, 1.807) is 49.4 Å². The van der Waals surface area contributed by atoms with E-state index in [4.69, 9.17) is 23.2 Å². The zero-order valence-corrected chi connectivity index (χ0v) is 27.5. The van der Waals surface area contributed by atoms with Gasteiger partial charge in [-0.05, 0) is 89.4 Å². The minimum atomic E-state index is -4.18. The van der Waals surface area contributed by atoms with Crippen LogP contribution in [0.25, 0.3) is 0 Å². The molecule has 1 atom stereocenters. The molecule has 3 aromatic carbocycles. The lowest BCUT2D eigenvalue weighted by Gasteiger charge is -2.35. The number of nitrogens with zero attached hydrogens (tertiary/aromatic N) is 2. The number of halogens is 2. The van der Waals surface area contributed by atoms with Gasteiger partial charge in [-0.15, -0.1) is 0 Å². The molecule has 0 bridgehead atoms. The maximum Gasteiger partial charge on any atom is 0.264 e. The van der Waals surface area contributed by atoms with E-state index in [1.807, 2.05) is 47.6 Å². The van der Waals surface area contributed by atoms with Crippen LogP contribution in [0.2, 0.25) is 10.0 Å². The van der Waals surface area contributed by atoms with Crippen molar-refractivity contribution in [3.8, 4) is 0 Å². The molecule has 0 aliphatic rings. The molecule has 0 saturated heterocycles. The SMILES string of the molecule is CC[C@H](C(=O)NC(C)(C)C)N(Cc1c(Cl)cccc1Cl)C(=O)CN(c1cccc(C)c1C)S(=O)(=O)c1ccc(C)cc1. The summed E-state index contributed by atoms with van der Waals surface area (Å²) in [6.07, 6.45) is 0.282. The Bertz CT molecular complexity index is 1530. The molecule has 0 spiro atoms. The van der Waals surface area contributed by atoms with Crippen LogP contribution in [-0.4, -0.2) is 43.3 Å². The third kappa shape index (κ3) is 7.85. The van der Waals surface area contributed by atoms with Gasteiger partial charge in [0.05, 0.1) is 10.6 Å². The van der Waals surface area contributed by atoms with Crippen LogP contribution in [0.4, 0.5) is 5.69 Å². The first kappa shape index (κ1) is 33.4. The molecule has 42 heavy (non-hydrogen) atoms. The van der Waals surface area contributed by atoms with Crippen LogP contribution in [0.15, 0.2) is 65.6 Å². The monoisotopic (exact) mass is 631 g/mol. The number of aryl methyl sites for hydroxylation is 2. The van der Waals surface area contributed by atoms with Crippen molar-refractivity contribution in [1.29, 1.82) is 0 Å². The van der Waals surface area contributed by atoms with E-state index < -0.39 is 34.1 Å². The van der Waals surface area contributed by atoms with E-state index in [-0.39, 0.29) is 23.8 Å². The second kappa shape index (κ2) is 13.5. The van der Waals surface area contributed by atoms with E-state index in [9.17, 15) is 18.0 Å². The number of anilines is 1. The third-order valence-corrected chi connectivity index (χ3v) is 9.49. The fraction of sp³-hybridized carbons (Fsp3) is 0.375. The largest absolute Gasteiger partial charge is 0.350 e. The Labute approximate surface area is 259 Å². The molecule has 1 N–H and O–H groups in total.